The molecule has 2 N–H and O–H groups in total. The number of carbonyl (C=O) groups excluding carboxylic acids is 1. The number of rotatable bonds is 6. The molecule has 2 aromatic rings. The fraction of sp³-hybridized carbons (Fsp3) is 0.267. The van der Waals surface area contributed by atoms with E-state index in [-0.39, 0.29) is 5.91 Å². The third-order valence-corrected chi connectivity index (χ3v) is 3.14. The molecular weight excluding hydrogens is 278 g/mol. The van der Waals surface area contributed by atoms with Gasteiger partial charge in [0, 0.05) is 11.6 Å². The maximum atomic E-state index is 11.7. The summed E-state index contributed by atoms with van der Waals surface area (Å²) in [6, 6.07) is 10.6. The van der Waals surface area contributed by atoms with Crippen LogP contribution in [0.15, 0.2) is 47.1 Å². The van der Waals surface area contributed by atoms with Gasteiger partial charge in [-0.05, 0) is 36.2 Å². The number of halogens is 1. The van der Waals surface area contributed by atoms with Crippen molar-refractivity contribution in [1.29, 1.82) is 0 Å². The second-order valence-corrected chi connectivity index (χ2v) is 4.91. The molecule has 1 atom stereocenters. The molecule has 1 aromatic heterocycles. The number of aliphatic hydroxyl groups is 1. The Morgan fingerprint density at radius 2 is 2.05 bits per heavy atom. The lowest BCUT2D eigenvalue weighted by atomic mass is 10.1. The Balaban J connectivity index is 1.71. The molecule has 20 heavy (non-hydrogen) atoms. The number of carbonyl (C=O) groups is 1. The van der Waals surface area contributed by atoms with E-state index in [0.717, 1.165) is 5.56 Å². The first kappa shape index (κ1) is 14.6. The third-order valence-electron chi connectivity index (χ3n) is 2.89. The van der Waals surface area contributed by atoms with Crippen LogP contribution in [0.4, 0.5) is 0 Å². The van der Waals surface area contributed by atoms with Crippen molar-refractivity contribution >= 4 is 17.5 Å². The van der Waals surface area contributed by atoms with Crippen molar-refractivity contribution in [3.63, 3.8) is 0 Å². The molecule has 0 aliphatic rings. The topological polar surface area (TPSA) is 62.5 Å². The standard InChI is InChI=1S/C15H16ClNO3/c16-12-5-3-11(4-6-12)10-15(19)17-8-7-13(18)14-2-1-9-20-14/h1-6,9,13,18H,7-8,10H2,(H,17,19). The lowest BCUT2D eigenvalue weighted by Gasteiger charge is -2.09. The molecule has 0 aliphatic carbocycles. The molecule has 1 heterocycles. The minimum atomic E-state index is -0.694. The van der Waals surface area contributed by atoms with Gasteiger partial charge in [0.05, 0.1) is 12.7 Å². The molecule has 0 bridgehead atoms. The predicted molar refractivity (Wildman–Crippen MR) is 76.5 cm³/mol. The zero-order valence-corrected chi connectivity index (χ0v) is 11.6. The third kappa shape index (κ3) is 4.40. The molecule has 0 spiro atoms. The minimum Gasteiger partial charge on any atom is -0.467 e. The van der Waals surface area contributed by atoms with Crippen LogP contribution in [0.1, 0.15) is 23.8 Å². The summed E-state index contributed by atoms with van der Waals surface area (Å²) in [6.07, 6.45) is 1.53. The van der Waals surface area contributed by atoms with Gasteiger partial charge in [-0.2, -0.15) is 0 Å². The van der Waals surface area contributed by atoms with E-state index in [0.29, 0.717) is 30.2 Å². The summed E-state index contributed by atoms with van der Waals surface area (Å²) < 4.78 is 5.08. The Bertz CT molecular complexity index is 537. The Hall–Kier alpha value is -1.78. The van der Waals surface area contributed by atoms with Gasteiger partial charge in [-0.15, -0.1) is 0 Å². The van der Waals surface area contributed by atoms with Gasteiger partial charge in [-0.1, -0.05) is 23.7 Å². The van der Waals surface area contributed by atoms with Crippen LogP contribution < -0.4 is 5.32 Å². The molecule has 4 nitrogen and oxygen atoms in total. The largest absolute Gasteiger partial charge is 0.467 e. The highest BCUT2D eigenvalue weighted by Gasteiger charge is 2.10. The molecular formula is C15H16ClNO3. The number of aliphatic hydroxyl groups excluding tert-OH is 1. The highest BCUT2D eigenvalue weighted by Crippen LogP contribution is 2.15. The van der Waals surface area contributed by atoms with E-state index in [1.54, 1.807) is 24.3 Å². The Morgan fingerprint density at radius 3 is 2.70 bits per heavy atom. The van der Waals surface area contributed by atoms with Gasteiger partial charge in [-0.25, -0.2) is 0 Å². The zero-order chi connectivity index (χ0) is 14.4. The van der Waals surface area contributed by atoms with Crippen LogP contribution in [0.2, 0.25) is 5.02 Å². The maximum Gasteiger partial charge on any atom is 0.224 e. The van der Waals surface area contributed by atoms with Gasteiger partial charge in [0.15, 0.2) is 0 Å². The number of hydrogen-bond donors (Lipinski definition) is 2. The van der Waals surface area contributed by atoms with Crippen LogP contribution in [0, 0.1) is 0 Å². The van der Waals surface area contributed by atoms with Crippen molar-refractivity contribution in [1.82, 2.24) is 5.32 Å². The summed E-state index contributed by atoms with van der Waals surface area (Å²) in [6.45, 7) is 0.397. The Morgan fingerprint density at radius 1 is 1.30 bits per heavy atom. The number of furan rings is 1. The van der Waals surface area contributed by atoms with Crippen molar-refractivity contribution in [3.8, 4) is 0 Å². The van der Waals surface area contributed by atoms with Crippen LogP contribution in [0.5, 0.6) is 0 Å². The van der Waals surface area contributed by atoms with E-state index >= 15 is 0 Å². The summed E-state index contributed by atoms with van der Waals surface area (Å²) in [4.78, 5) is 11.7. The molecule has 0 saturated carbocycles. The number of benzene rings is 1. The summed E-state index contributed by atoms with van der Waals surface area (Å²) in [5.41, 5.74) is 0.901. The fourth-order valence-electron chi connectivity index (χ4n) is 1.82. The van der Waals surface area contributed by atoms with E-state index in [1.165, 1.54) is 6.26 Å². The normalized spacial score (nSPS) is 12.1. The number of amides is 1. The first-order valence-corrected chi connectivity index (χ1v) is 6.75. The van der Waals surface area contributed by atoms with E-state index < -0.39 is 6.10 Å². The molecule has 0 fully saturated rings. The SMILES string of the molecule is O=C(Cc1ccc(Cl)cc1)NCCC(O)c1ccco1. The Labute approximate surface area is 122 Å². The summed E-state index contributed by atoms with van der Waals surface area (Å²) in [5, 5.41) is 13.2. The van der Waals surface area contributed by atoms with Gasteiger partial charge in [0.1, 0.15) is 11.9 Å². The van der Waals surface area contributed by atoms with Crippen molar-refractivity contribution in [3.05, 3.63) is 59.0 Å². The first-order valence-electron chi connectivity index (χ1n) is 6.38. The smallest absolute Gasteiger partial charge is 0.224 e. The van der Waals surface area contributed by atoms with Crippen molar-refractivity contribution in [2.24, 2.45) is 0 Å². The van der Waals surface area contributed by atoms with Gasteiger partial charge in [0.2, 0.25) is 5.91 Å². The second-order valence-electron chi connectivity index (χ2n) is 4.47. The fourth-order valence-corrected chi connectivity index (χ4v) is 1.95. The molecule has 5 heteroatoms. The average Bonchev–Trinajstić information content (AvgIpc) is 2.95. The molecule has 1 amide bonds. The van der Waals surface area contributed by atoms with Gasteiger partial charge >= 0.3 is 0 Å². The van der Waals surface area contributed by atoms with Gasteiger partial charge in [-0.3, -0.25) is 4.79 Å². The zero-order valence-electron chi connectivity index (χ0n) is 10.9. The van der Waals surface area contributed by atoms with Crippen LogP contribution >= 0.6 is 11.6 Å². The van der Waals surface area contributed by atoms with Crippen molar-refractivity contribution in [2.45, 2.75) is 18.9 Å². The molecule has 0 saturated heterocycles. The highest BCUT2D eigenvalue weighted by molar-refractivity contribution is 6.30. The van der Waals surface area contributed by atoms with Crippen molar-refractivity contribution < 1.29 is 14.3 Å². The summed E-state index contributed by atoms with van der Waals surface area (Å²) in [7, 11) is 0. The van der Waals surface area contributed by atoms with Crippen molar-refractivity contribution in [2.75, 3.05) is 6.54 Å². The van der Waals surface area contributed by atoms with Crippen LogP contribution in [-0.2, 0) is 11.2 Å². The molecule has 2 rings (SSSR count). The molecule has 1 unspecified atom stereocenters. The summed E-state index contributed by atoms with van der Waals surface area (Å²) in [5.74, 6) is 0.427. The quantitative estimate of drug-likeness (QED) is 0.861. The van der Waals surface area contributed by atoms with E-state index in [4.69, 9.17) is 16.0 Å². The summed E-state index contributed by atoms with van der Waals surface area (Å²) >= 11 is 5.78. The Kier molecular flexibility index (Phi) is 5.21. The number of hydrogen-bond acceptors (Lipinski definition) is 3. The number of nitrogens with one attached hydrogen (secondary N) is 1. The van der Waals surface area contributed by atoms with Crippen LogP contribution in [-0.4, -0.2) is 17.6 Å². The lowest BCUT2D eigenvalue weighted by Crippen LogP contribution is -2.27. The second kappa shape index (κ2) is 7.12. The molecule has 0 radical (unpaired) electrons. The van der Waals surface area contributed by atoms with E-state index in [1.807, 2.05) is 12.1 Å². The lowest BCUT2D eigenvalue weighted by molar-refractivity contribution is -0.120. The molecule has 106 valence electrons. The maximum absolute atomic E-state index is 11.7. The average molecular weight is 294 g/mol. The van der Waals surface area contributed by atoms with Crippen LogP contribution in [0.25, 0.3) is 0 Å². The minimum absolute atomic E-state index is 0.0843. The molecule has 0 aliphatic heterocycles. The monoisotopic (exact) mass is 293 g/mol. The van der Waals surface area contributed by atoms with E-state index in [2.05, 4.69) is 5.32 Å². The van der Waals surface area contributed by atoms with Gasteiger partial charge in [0.25, 0.3) is 0 Å². The van der Waals surface area contributed by atoms with Crippen LogP contribution in [0.3, 0.4) is 0 Å². The van der Waals surface area contributed by atoms with E-state index in [9.17, 15) is 9.90 Å². The first-order chi connectivity index (χ1) is 9.65. The highest BCUT2D eigenvalue weighted by atomic mass is 35.5. The predicted octanol–water partition coefficient (Wildman–Crippen LogP) is 2.72. The molecule has 1 aromatic carbocycles. The van der Waals surface area contributed by atoms with Gasteiger partial charge < -0.3 is 14.8 Å².